The maximum Gasteiger partial charge on any atom is 0.253 e. The molecule has 0 saturated carbocycles. The third-order valence-electron chi connectivity index (χ3n) is 4.55. The summed E-state index contributed by atoms with van der Waals surface area (Å²) in [4.78, 5) is 17.1. The molecule has 4 rings (SSSR count). The van der Waals surface area contributed by atoms with E-state index < -0.39 is 0 Å². The van der Waals surface area contributed by atoms with Crippen LogP contribution in [-0.2, 0) is 19.4 Å². The van der Waals surface area contributed by atoms with E-state index in [0.29, 0.717) is 5.56 Å². The highest BCUT2D eigenvalue weighted by molar-refractivity contribution is 6.05. The summed E-state index contributed by atoms with van der Waals surface area (Å²) >= 11 is 0. The molecule has 0 aliphatic carbocycles. The molecule has 122 valence electrons. The van der Waals surface area contributed by atoms with E-state index in [9.17, 15) is 4.79 Å². The van der Waals surface area contributed by atoms with E-state index in [1.165, 1.54) is 0 Å². The molecule has 1 atom stereocenters. The largest absolute Gasteiger partial charge is 0.347 e. The quantitative estimate of drug-likeness (QED) is 0.802. The van der Waals surface area contributed by atoms with E-state index in [0.717, 1.165) is 48.4 Å². The van der Waals surface area contributed by atoms with Crippen molar-refractivity contribution in [2.45, 2.75) is 38.8 Å². The molecule has 2 aromatic heterocycles. The Morgan fingerprint density at radius 2 is 2.17 bits per heavy atom. The van der Waals surface area contributed by atoms with E-state index >= 15 is 0 Å². The third-order valence-corrected chi connectivity index (χ3v) is 4.55. The molecule has 0 saturated heterocycles. The molecule has 1 aromatic carbocycles. The lowest BCUT2D eigenvalue weighted by atomic mass is 10.0. The second-order valence-corrected chi connectivity index (χ2v) is 6.09. The standard InChI is InChI=1S/C18H19N5O/c1-2-15-21-22-16-9-8-13(11-23(15)16)20-18(24)14-7-3-5-12-6-4-10-19-17(12)14/h3-7,10,13H,2,8-9,11H2,1H3,(H,20,24). The van der Waals surface area contributed by atoms with Crippen molar-refractivity contribution >= 4 is 16.8 Å². The van der Waals surface area contributed by atoms with Crippen LogP contribution in [-0.4, -0.2) is 31.7 Å². The van der Waals surface area contributed by atoms with Gasteiger partial charge in [0.15, 0.2) is 0 Å². The van der Waals surface area contributed by atoms with Crippen LogP contribution in [0.15, 0.2) is 36.5 Å². The van der Waals surface area contributed by atoms with Crippen LogP contribution >= 0.6 is 0 Å². The van der Waals surface area contributed by atoms with Gasteiger partial charge in [0.05, 0.1) is 11.1 Å². The summed E-state index contributed by atoms with van der Waals surface area (Å²) in [5.74, 6) is 1.93. The Morgan fingerprint density at radius 3 is 3.04 bits per heavy atom. The van der Waals surface area contributed by atoms with Crippen molar-refractivity contribution in [2.24, 2.45) is 0 Å². The van der Waals surface area contributed by atoms with Gasteiger partial charge < -0.3 is 9.88 Å². The van der Waals surface area contributed by atoms with E-state index in [1.54, 1.807) is 6.20 Å². The fraction of sp³-hybridized carbons (Fsp3) is 0.333. The van der Waals surface area contributed by atoms with E-state index in [-0.39, 0.29) is 11.9 Å². The molecule has 1 N–H and O–H groups in total. The number of amides is 1. The number of nitrogens with one attached hydrogen (secondary N) is 1. The molecular weight excluding hydrogens is 302 g/mol. The van der Waals surface area contributed by atoms with Crippen LogP contribution in [0.5, 0.6) is 0 Å². The number of carbonyl (C=O) groups is 1. The first-order valence-corrected chi connectivity index (χ1v) is 8.32. The molecule has 1 amide bonds. The molecule has 1 aliphatic heterocycles. The zero-order valence-electron chi connectivity index (χ0n) is 13.6. The number of hydrogen-bond acceptors (Lipinski definition) is 4. The summed E-state index contributed by atoms with van der Waals surface area (Å²) in [5.41, 5.74) is 1.37. The maximum absolute atomic E-state index is 12.7. The summed E-state index contributed by atoms with van der Waals surface area (Å²) < 4.78 is 2.13. The molecule has 0 radical (unpaired) electrons. The number of para-hydroxylation sites is 1. The summed E-state index contributed by atoms with van der Waals surface area (Å²) in [7, 11) is 0. The van der Waals surface area contributed by atoms with Gasteiger partial charge in [0.1, 0.15) is 11.6 Å². The van der Waals surface area contributed by atoms with Gasteiger partial charge in [-0.3, -0.25) is 9.78 Å². The summed E-state index contributed by atoms with van der Waals surface area (Å²) in [6, 6.07) is 9.63. The number of pyridine rings is 1. The number of carbonyl (C=O) groups excluding carboxylic acids is 1. The Kier molecular flexibility index (Phi) is 3.72. The zero-order valence-corrected chi connectivity index (χ0v) is 13.6. The number of hydrogen-bond donors (Lipinski definition) is 1. The van der Waals surface area contributed by atoms with Gasteiger partial charge in [0.2, 0.25) is 0 Å². The molecule has 6 heteroatoms. The Bertz CT molecular complexity index is 883. The van der Waals surface area contributed by atoms with Gasteiger partial charge in [0.25, 0.3) is 5.91 Å². The van der Waals surface area contributed by atoms with Gasteiger partial charge in [-0.25, -0.2) is 0 Å². The van der Waals surface area contributed by atoms with Gasteiger partial charge in [-0.05, 0) is 18.6 Å². The normalized spacial score (nSPS) is 16.8. The molecular formula is C18H19N5O. The van der Waals surface area contributed by atoms with E-state index in [2.05, 4.69) is 32.0 Å². The number of benzene rings is 1. The minimum absolute atomic E-state index is 0.0705. The van der Waals surface area contributed by atoms with Gasteiger partial charge >= 0.3 is 0 Å². The second kappa shape index (κ2) is 6.03. The van der Waals surface area contributed by atoms with Crippen LogP contribution in [0.4, 0.5) is 0 Å². The first-order valence-electron chi connectivity index (χ1n) is 8.32. The SMILES string of the molecule is CCc1nnc2n1CC(NC(=O)c1cccc3cccnc13)CC2. The van der Waals surface area contributed by atoms with Gasteiger partial charge in [0, 0.05) is 37.0 Å². The highest BCUT2D eigenvalue weighted by Gasteiger charge is 2.24. The van der Waals surface area contributed by atoms with Crippen molar-refractivity contribution in [3.05, 3.63) is 53.7 Å². The second-order valence-electron chi connectivity index (χ2n) is 6.09. The first kappa shape index (κ1) is 14.8. The van der Waals surface area contributed by atoms with Gasteiger partial charge in [-0.1, -0.05) is 25.1 Å². The smallest absolute Gasteiger partial charge is 0.253 e. The Balaban J connectivity index is 1.56. The van der Waals surface area contributed by atoms with Crippen molar-refractivity contribution < 1.29 is 4.79 Å². The predicted molar refractivity (Wildman–Crippen MR) is 90.7 cm³/mol. The fourth-order valence-corrected chi connectivity index (χ4v) is 3.31. The van der Waals surface area contributed by atoms with Crippen LogP contribution < -0.4 is 5.32 Å². The molecule has 3 aromatic rings. The van der Waals surface area contributed by atoms with Crippen molar-refractivity contribution in [3.63, 3.8) is 0 Å². The van der Waals surface area contributed by atoms with Gasteiger partial charge in [-0.15, -0.1) is 10.2 Å². The molecule has 1 unspecified atom stereocenters. The van der Waals surface area contributed by atoms with Crippen molar-refractivity contribution in [2.75, 3.05) is 0 Å². The van der Waals surface area contributed by atoms with Gasteiger partial charge in [-0.2, -0.15) is 0 Å². The fourth-order valence-electron chi connectivity index (χ4n) is 3.31. The van der Waals surface area contributed by atoms with Crippen molar-refractivity contribution in [3.8, 4) is 0 Å². The average Bonchev–Trinajstić information content (AvgIpc) is 3.03. The summed E-state index contributed by atoms with van der Waals surface area (Å²) in [6.45, 7) is 2.80. The molecule has 1 aliphatic rings. The summed E-state index contributed by atoms with van der Waals surface area (Å²) in [6.07, 6.45) is 4.29. The highest BCUT2D eigenvalue weighted by Crippen LogP contribution is 2.18. The monoisotopic (exact) mass is 321 g/mol. The molecule has 0 bridgehead atoms. The number of rotatable bonds is 3. The van der Waals surface area contributed by atoms with Crippen LogP contribution in [0.2, 0.25) is 0 Å². The maximum atomic E-state index is 12.7. The molecule has 0 spiro atoms. The lowest BCUT2D eigenvalue weighted by molar-refractivity contribution is 0.0928. The third kappa shape index (κ3) is 2.54. The number of nitrogens with zero attached hydrogens (tertiary/aromatic N) is 4. The Hall–Kier alpha value is -2.76. The first-order chi connectivity index (χ1) is 11.8. The molecule has 6 nitrogen and oxygen atoms in total. The number of fused-ring (bicyclic) bond motifs is 2. The number of aryl methyl sites for hydroxylation is 2. The van der Waals surface area contributed by atoms with Crippen LogP contribution in [0.1, 0.15) is 35.4 Å². The summed E-state index contributed by atoms with van der Waals surface area (Å²) in [5, 5.41) is 12.6. The lowest BCUT2D eigenvalue weighted by Crippen LogP contribution is -2.41. The molecule has 0 fully saturated rings. The highest BCUT2D eigenvalue weighted by atomic mass is 16.1. The lowest BCUT2D eigenvalue weighted by Gasteiger charge is -2.25. The molecule has 24 heavy (non-hydrogen) atoms. The van der Waals surface area contributed by atoms with Crippen LogP contribution in [0.3, 0.4) is 0 Å². The Morgan fingerprint density at radius 1 is 1.29 bits per heavy atom. The van der Waals surface area contributed by atoms with Crippen molar-refractivity contribution in [1.82, 2.24) is 25.1 Å². The van der Waals surface area contributed by atoms with Crippen LogP contribution in [0, 0.1) is 0 Å². The predicted octanol–water partition coefficient (Wildman–Crippen LogP) is 2.13. The minimum atomic E-state index is -0.0705. The molecule has 3 heterocycles. The average molecular weight is 321 g/mol. The van der Waals surface area contributed by atoms with E-state index in [4.69, 9.17) is 0 Å². The Labute approximate surface area is 139 Å². The minimum Gasteiger partial charge on any atom is -0.347 e. The number of aromatic nitrogens is 4. The van der Waals surface area contributed by atoms with Crippen LogP contribution in [0.25, 0.3) is 10.9 Å². The topological polar surface area (TPSA) is 72.7 Å². The zero-order chi connectivity index (χ0) is 16.5. The van der Waals surface area contributed by atoms with Crippen molar-refractivity contribution in [1.29, 1.82) is 0 Å². The van der Waals surface area contributed by atoms with E-state index in [1.807, 2.05) is 30.3 Å².